The lowest BCUT2D eigenvalue weighted by Gasteiger charge is -2.11. The summed E-state index contributed by atoms with van der Waals surface area (Å²) >= 11 is 3.35. The summed E-state index contributed by atoms with van der Waals surface area (Å²) in [5, 5.41) is 5.41. The van der Waals surface area contributed by atoms with Crippen molar-refractivity contribution in [1.82, 2.24) is 9.88 Å². The number of rotatable bonds is 6. The first kappa shape index (κ1) is 26.0. The zero-order valence-corrected chi connectivity index (χ0v) is 21.1. The van der Waals surface area contributed by atoms with Crippen molar-refractivity contribution in [3.8, 4) is 17.0 Å². The molecule has 0 saturated heterocycles. The van der Waals surface area contributed by atoms with Gasteiger partial charge in [-0.25, -0.2) is 4.79 Å². The molecule has 0 saturated carbocycles. The normalized spacial score (nSPS) is 11.2. The number of amides is 2. The molecule has 1 aromatic heterocycles. The first-order chi connectivity index (χ1) is 17.6. The van der Waals surface area contributed by atoms with Crippen LogP contribution in [0.1, 0.15) is 21.5 Å². The van der Waals surface area contributed by atoms with Crippen LogP contribution in [0.4, 0.5) is 23.7 Å². The SMILES string of the molecule is Cn1cc(NC(=O)c2ccccc2-c2ccc(C(F)(F)F)cc2)cc1OC(=O)NCc1ccc(Br)cc1. The van der Waals surface area contributed by atoms with E-state index in [4.69, 9.17) is 4.74 Å². The number of benzene rings is 3. The molecule has 4 aromatic rings. The fourth-order valence-corrected chi connectivity index (χ4v) is 3.86. The Balaban J connectivity index is 1.43. The molecule has 0 aliphatic carbocycles. The number of alkyl halides is 3. The van der Waals surface area contributed by atoms with Crippen LogP contribution in [0.2, 0.25) is 0 Å². The monoisotopic (exact) mass is 571 g/mol. The highest BCUT2D eigenvalue weighted by Crippen LogP contribution is 2.32. The molecule has 3 aromatic carbocycles. The molecule has 0 aliphatic heterocycles. The summed E-state index contributed by atoms with van der Waals surface area (Å²) in [5.74, 6) is -0.257. The molecule has 10 heteroatoms. The minimum absolute atomic E-state index is 0.208. The number of aryl methyl sites for hydroxylation is 1. The number of carbonyl (C=O) groups excluding carboxylic acids is 2. The Morgan fingerprint density at radius 3 is 2.32 bits per heavy atom. The fourth-order valence-electron chi connectivity index (χ4n) is 3.59. The van der Waals surface area contributed by atoms with Crippen LogP contribution < -0.4 is 15.4 Å². The van der Waals surface area contributed by atoms with Gasteiger partial charge in [0.15, 0.2) is 0 Å². The molecule has 2 amide bonds. The van der Waals surface area contributed by atoms with Crippen molar-refractivity contribution in [2.24, 2.45) is 7.05 Å². The summed E-state index contributed by atoms with van der Waals surface area (Å²) < 4.78 is 46.6. The summed E-state index contributed by atoms with van der Waals surface area (Å²) in [7, 11) is 1.66. The van der Waals surface area contributed by atoms with Crippen molar-refractivity contribution < 1.29 is 27.5 Å². The second-order valence-electron chi connectivity index (χ2n) is 8.12. The van der Waals surface area contributed by atoms with Gasteiger partial charge in [0, 0.05) is 35.9 Å². The maximum absolute atomic E-state index is 13.0. The molecule has 0 atom stereocenters. The van der Waals surface area contributed by atoms with Crippen LogP contribution in [0.15, 0.2) is 89.5 Å². The molecular formula is C27H21BrF3N3O3. The van der Waals surface area contributed by atoms with Gasteiger partial charge < -0.3 is 19.9 Å². The minimum atomic E-state index is -4.45. The highest BCUT2D eigenvalue weighted by atomic mass is 79.9. The van der Waals surface area contributed by atoms with Gasteiger partial charge in [-0.2, -0.15) is 13.2 Å². The lowest BCUT2D eigenvalue weighted by atomic mass is 9.98. The first-order valence-corrected chi connectivity index (χ1v) is 11.8. The van der Waals surface area contributed by atoms with Gasteiger partial charge in [-0.3, -0.25) is 4.79 Å². The topological polar surface area (TPSA) is 72.4 Å². The first-order valence-electron chi connectivity index (χ1n) is 11.0. The number of aromatic nitrogens is 1. The Morgan fingerprint density at radius 2 is 1.65 bits per heavy atom. The molecule has 0 fully saturated rings. The molecule has 0 spiro atoms. The highest BCUT2D eigenvalue weighted by Gasteiger charge is 2.30. The molecule has 0 bridgehead atoms. The average molecular weight is 572 g/mol. The Hall–Kier alpha value is -4.05. The van der Waals surface area contributed by atoms with Gasteiger partial charge in [0.05, 0.1) is 11.3 Å². The summed E-state index contributed by atoms with van der Waals surface area (Å²) in [6.07, 6.45) is -3.52. The number of hydrogen-bond acceptors (Lipinski definition) is 3. The van der Waals surface area contributed by atoms with E-state index in [9.17, 15) is 22.8 Å². The van der Waals surface area contributed by atoms with Gasteiger partial charge in [0.1, 0.15) is 0 Å². The standard InChI is InChI=1S/C27H21BrF3N3O3/c1-34-16-21(14-24(34)37-26(36)32-15-17-6-12-20(28)13-7-17)33-25(35)23-5-3-2-4-22(23)18-8-10-19(11-9-18)27(29,30)31/h2-14,16H,15H2,1H3,(H,32,36)(H,33,35). The van der Waals surface area contributed by atoms with E-state index >= 15 is 0 Å². The van der Waals surface area contributed by atoms with Gasteiger partial charge in [0.2, 0.25) is 5.88 Å². The van der Waals surface area contributed by atoms with E-state index in [-0.39, 0.29) is 18.0 Å². The number of carbonyl (C=O) groups is 2. The summed E-state index contributed by atoms with van der Waals surface area (Å²) in [4.78, 5) is 25.3. The number of hydrogen-bond donors (Lipinski definition) is 2. The lowest BCUT2D eigenvalue weighted by molar-refractivity contribution is -0.137. The van der Waals surface area contributed by atoms with Gasteiger partial charge >= 0.3 is 12.3 Å². The largest absolute Gasteiger partial charge is 0.416 e. The summed E-state index contributed by atoms with van der Waals surface area (Å²) in [6, 6.07) is 20.2. The van der Waals surface area contributed by atoms with E-state index in [1.54, 1.807) is 37.5 Å². The third-order valence-corrected chi connectivity index (χ3v) is 5.99. The molecule has 0 aliphatic rings. The molecule has 0 radical (unpaired) electrons. The van der Waals surface area contributed by atoms with E-state index in [1.807, 2.05) is 24.3 Å². The molecule has 37 heavy (non-hydrogen) atoms. The Kier molecular flexibility index (Phi) is 7.68. The van der Waals surface area contributed by atoms with Crippen LogP contribution in [0, 0.1) is 0 Å². The molecule has 1 heterocycles. The summed E-state index contributed by atoms with van der Waals surface area (Å²) in [5.41, 5.74) is 1.74. The molecule has 6 nitrogen and oxygen atoms in total. The van der Waals surface area contributed by atoms with Crippen LogP contribution in [-0.2, 0) is 19.8 Å². The van der Waals surface area contributed by atoms with Gasteiger partial charge in [-0.1, -0.05) is 58.4 Å². The fraction of sp³-hybridized carbons (Fsp3) is 0.111. The van der Waals surface area contributed by atoms with Gasteiger partial charge in [-0.15, -0.1) is 0 Å². The van der Waals surface area contributed by atoms with E-state index in [2.05, 4.69) is 26.6 Å². The number of nitrogens with zero attached hydrogens (tertiary/aromatic N) is 1. The maximum Gasteiger partial charge on any atom is 0.416 e. The third kappa shape index (κ3) is 6.59. The van der Waals surface area contributed by atoms with Crippen molar-refractivity contribution in [2.75, 3.05) is 5.32 Å². The molecule has 4 rings (SSSR count). The molecule has 0 unspecified atom stereocenters. The van der Waals surface area contributed by atoms with Crippen LogP contribution >= 0.6 is 15.9 Å². The Labute approximate surface area is 219 Å². The van der Waals surface area contributed by atoms with E-state index in [1.165, 1.54) is 22.8 Å². The molecular weight excluding hydrogens is 551 g/mol. The van der Waals surface area contributed by atoms with Crippen molar-refractivity contribution in [2.45, 2.75) is 12.7 Å². The number of anilines is 1. The smallest absolute Gasteiger partial charge is 0.393 e. The van der Waals surface area contributed by atoms with Crippen LogP contribution in [0.5, 0.6) is 5.88 Å². The molecule has 190 valence electrons. The number of nitrogens with one attached hydrogen (secondary N) is 2. The van der Waals surface area contributed by atoms with Crippen molar-refractivity contribution in [1.29, 1.82) is 0 Å². The van der Waals surface area contributed by atoms with E-state index in [0.717, 1.165) is 22.2 Å². The van der Waals surface area contributed by atoms with Gasteiger partial charge in [-0.05, 0) is 47.0 Å². The van der Waals surface area contributed by atoms with Crippen LogP contribution in [0.3, 0.4) is 0 Å². The van der Waals surface area contributed by atoms with Crippen molar-refractivity contribution in [3.05, 3.63) is 106 Å². The van der Waals surface area contributed by atoms with E-state index in [0.29, 0.717) is 16.8 Å². The zero-order chi connectivity index (χ0) is 26.6. The average Bonchev–Trinajstić information content (AvgIpc) is 3.21. The Bertz CT molecular complexity index is 1420. The number of ether oxygens (including phenoxy) is 1. The molecule has 2 N–H and O–H groups in total. The predicted octanol–water partition coefficient (Wildman–Crippen LogP) is 7.01. The highest BCUT2D eigenvalue weighted by molar-refractivity contribution is 9.10. The lowest BCUT2D eigenvalue weighted by Crippen LogP contribution is -2.26. The van der Waals surface area contributed by atoms with Crippen molar-refractivity contribution >= 4 is 33.6 Å². The van der Waals surface area contributed by atoms with Crippen LogP contribution in [-0.4, -0.2) is 16.6 Å². The second-order valence-corrected chi connectivity index (χ2v) is 9.04. The van der Waals surface area contributed by atoms with E-state index < -0.39 is 23.7 Å². The number of halogens is 4. The second kappa shape index (κ2) is 10.9. The minimum Gasteiger partial charge on any atom is -0.393 e. The van der Waals surface area contributed by atoms with Gasteiger partial charge in [0.25, 0.3) is 5.91 Å². The maximum atomic E-state index is 13.0. The third-order valence-electron chi connectivity index (χ3n) is 5.46. The zero-order valence-electron chi connectivity index (χ0n) is 19.5. The predicted molar refractivity (Wildman–Crippen MR) is 137 cm³/mol. The Morgan fingerprint density at radius 1 is 0.973 bits per heavy atom. The summed E-state index contributed by atoms with van der Waals surface area (Å²) in [6.45, 7) is 0.279. The quantitative estimate of drug-likeness (QED) is 0.261. The van der Waals surface area contributed by atoms with Crippen molar-refractivity contribution in [3.63, 3.8) is 0 Å². The van der Waals surface area contributed by atoms with Crippen LogP contribution in [0.25, 0.3) is 11.1 Å².